The van der Waals surface area contributed by atoms with Gasteiger partial charge in [-0.25, -0.2) is 0 Å². The van der Waals surface area contributed by atoms with Crippen molar-refractivity contribution < 1.29 is 17.0 Å². The van der Waals surface area contributed by atoms with E-state index < -0.39 is 15.5 Å². The molecule has 54 valence electrons. The van der Waals surface area contributed by atoms with Crippen LogP contribution in [0.15, 0.2) is 0 Å². The first kappa shape index (κ1) is 6.95. The average molecular weight is 154 g/mol. The molecule has 0 spiro atoms. The number of hydrogen-bond donors (Lipinski definition) is 0. The van der Waals surface area contributed by atoms with Gasteiger partial charge in [0.25, 0.3) is 0 Å². The minimum absolute atomic E-state index is 0.0127. The summed E-state index contributed by atoms with van der Waals surface area (Å²) < 4.78 is 36.8. The van der Waals surface area contributed by atoms with E-state index >= 15 is 0 Å². The van der Waals surface area contributed by atoms with Crippen LogP contribution in [-0.4, -0.2) is 26.9 Å². The smallest absolute Gasteiger partial charge is 0.307 e. The number of ether oxygens (including phenoxy) is 1. The summed E-state index contributed by atoms with van der Waals surface area (Å²) in [5.41, 5.74) is 0. The number of hydrogen-bond acceptors (Lipinski definition) is 3. The van der Waals surface area contributed by atoms with Gasteiger partial charge in [-0.1, -0.05) is 0 Å². The van der Waals surface area contributed by atoms with Gasteiger partial charge in [-0.2, -0.15) is 8.42 Å². The van der Waals surface area contributed by atoms with Crippen LogP contribution >= 0.6 is 0 Å². The normalized spacial score (nSPS) is 28.8. The van der Waals surface area contributed by atoms with E-state index in [4.69, 9.17) is 0 Å². The second-order valence-electron chi connectivity index (χ2n) is 1.96. The largest absolute Gasteiger partial charge is 0.380 e. The van der Waals surface area contributed by atoms with Crippen LogP contribution in [0.5, 0.6) is 0 Å². The summed E-state index contributed by atoms with van der Waals surface area (Å²) in [6.07, 6.45) is 0.291. The maximum absolute atomic E-state index is 12.0. The van der Waals surface area contributed by atoms with E-state index in [1.54, 1.807) is 0 Å². The molecule has 3 nitrogen and oxygen atoms in total. The van der Waals surface area contributed by atoms with E-state index in [-0.39, 0.29) is 6.61 Å². The highest BCUT2D eigenvalue weighted by Gasteiger charge is 2.28. The first-order valence-electron chi connectivity index (χ1n) is 2.62. The zero-order valence-electron chi connectivity index (χ0n) is 4.71. The Morgan fingerprint density at radius 2 is 2.22 bits per heavy atom. The highest BCUT2D eigenvalue weighted by molar-refractivity contribution is 7.87. The molecule has 5 heteroatoms. The van der Waals surface area contributed by atoms with Gasteiger partial charge in [-0.3, -0.25) is 0 Å². The maximum atomic E-state index is 12.0. The minimum Gasteiger partial charge on any atom is -0.380 e. The number of rotatable bonds is 1. The van der Waals surface area contributed by atoms with Crippen molar-refractivity contribution in [2.24, 2.45) is 0 Å². The average Bonchev–Trinajstić information content (AvgIpc) is 2.08. The van der Waals surface area contributed by atoms with Crippen molar-refractivity contribution in [1.29, 1.82) is 0 Å². The molecule has 0 saturated carbocycles. The SMILES string of the molecule is O=S(=O)(F)[C@H]1CCOC1. The van der Waals surface area contributed by atoms with Gasteiger partial charge in [0.15, 0.2) is 0 Å². The van der Waals surface area contributed by atoms with Crippen molar-refractivity contribution >= 4 is 10.2 Å². The fraction of sp³-hybridized carbons (Fsp3) is 1.00. The topological polar surface area (TPSA) is 43.4 Å². The molecule has 0 unspecified atom stereocenters. The van der Waals surface area contributed by atoms with E-state index in [1.165, 1.54) is 0 Å². The number of halogens is 1. The Balaban J connectivity index is 2.63. The van der Waals surface area contributed by atoms with Gasteiger partial charge in [0, 0.05) is 6.61 Å². The van der Waals surface area contributed by atoms with Crippen LogP contribution in [-0.2, 0) is 15.0 Å². The van der Waals surface area contributed by atoms with E-state index in [0.29, 0.717) is 13.0 Å². The molecule has 1 atom stereocenters. The fourth-order valence-electron chi connectivity index (χ4n) is 0.735. The second-order valence-corrected chi connectivity index (χ2v) is 3.58. The molecule has 0 aromatic heterocycles. The van der Waals surface area contributed by atoms with Crippen molar-refractivity contribution in [1.82, 2.24) is 0 Å². The fourth-order valence-corrected chi connectivity index (χ4v) is 1.37. The summed E-state index contributed by atoms with van der Waals surface area (Å²) >= 11 is 0. The van der Waals surface area contributed by atoms with Crippen molar-refractivity contribution in [3.8, 4) is 0 Å². The summed E-state index contributed by atoms with van der Waals surface area (Å²) in [5, 5.41) is -0.905. The molecule has 0 bridgehead atoms. The maximum Gasteiger partial charge on any atom is 0.307 e. The van der Waals surface area contributed by atoms with E-state index in [9.17, 15) is 12.3 Å². The minimum atomic E-state index is -4.33. The van der Waals surface area contributed by atoms with Crippen LogP contribution in [0.4, 0.5) is 3.89 Å². The van der Waals surface area contributed by atoms with Crippen molar-refractivity contribution in [3.05, 3.63) is 0 Å². The van der Waals surface area contributed by atoms with Crippen LogP contribution in [0, 0.1) is 0 Å². The molecule has 1 saturated heterocycles. The lowest BCUT2D eigenvalue weighted by atomic mass is 10.4. The first-order valence-corrected chi connectivity index (χ1v) is 4.06. The Labute approximate surface area is 53.0 Å². The summed E-state index contributed by atoms with van der Waals surface area (Å²) in [6.45, 7) is 0.368. The van der Waals surface area contributed by atoms with Crippen LogP contribution in [0.3, 0.4) is 0 Å². The molecular weight excluding hydrogens is 147 g/mol. The predicted molar refractivity (Wildman–Crippen MR) is 29.3 cm³/mol. The lowest BCUT2D eigenvalue weighted by molar-refractivity contribution is 0.198. The zero-order chi connectivity index (χ0) is 6.91. The predicted octanol–water partition coefficient (Wildman–Crippen LogP) is 0.0746. The summed E-state index contributed by atoms with van der Waals surface area (Å²) in [4.78, 5) is 0. The molecule has 1 fully saturated rings. The molecule has 1 aliphatic rings. The van der Waals surface area contributed by atoms with Crippen molar-refractivity contribution in [2.75, 3.05) is 13.2 Å². The van der Waals surface area contributed by atoms with Gasteiger partial charge >= 0.3 is 10.2 Å². The van der Waals surface area contributed by atoms with E-state index in [2.05, 4.69) is 4.74 Å². The van der Waals surface area contributed by atoms with Crippen LogP contribution in [0.2, 0.25) is 0 Å². The zero-order valence-corrected chi connectivity index (χ0v) is 5.53. The molecule has 1 rings (SSSR count). The standard InChI is InChI=1S/C4H7FO3S/c5-9(6,7)4-1-2-8-3-4/h4H,1-3H2/t4-/m0/s1. The van der Waals surface area contributed by atoms with Gasteiger partial charge in [0.05, 0.1) is 6.61 Å². The molecule has 0 aliphatic carbocycles. The third-order valence-corrected chi connectivity index (χ3v) is 2.45. The van der Waals surface area contributed by atoms with E-state index in [0.717, 1.165) is 0 Å². The van der Waals surface area contributed by atoms with Gasteiger partial charge in [-0.15, -0.1) is 3.89 Å². The molecule has 0 aromatic rings. The van der Waals surface area contributed by atoms with Crippen LogP contribution in [0.1, 0.15) is 6.42 Å². The third-order valence-electron chi connectivity index (χ3n) is 1.29. The van der Waals surface area contributed by atoms with Gasteiger partial charge in [0.1, 0.15) is 5.25 Å². The highest BCUT2D eigenvalue weighted by atomic mass is 32.3. The summed E-state index contributed by atoms with van der Waals surface area (Å²) in [5.74, 6) is 0. The van der Waals surface area contributed by atoms with Crippen LogP contribution in [0.25, 0.3) is 0 Å². The molecule has 1 aliphatic heterocycles. The molecule has 1 heterocycles. The molecule has 9 heavy (non-hydrogen) atoms. The Bertz CT molecular complexity index is 180. The quantitative estimate of drug-likeness (QED) is 0.502. The lowest BCUT2D eigenvalue weighted by Gasteiger charge is -1.97. The van der Waals surface area contributed by atoms with Crippen LogP contribution < -0.4 is 0 Å². The molecular formula is C4H7FO3S. The molecule has 0 amide bonds. The second kappa shape index (κ2) is 2.22. The molecule has 0 aromatic carbocycles. The highest BCUT2D eigenvalue weighted by Crippen LogP contribution is 2.14. The van der Waals surface area contributed by atoms with Gasteiger partial charge in [-0.05, 0) is 6.42 Å². The third kappa shape index (κ3) is 1.62. The Morgan fingerprint density at radius 3 is 2.44 bits per heavy atom. The van der Waals surface area contributed by atoms with Crippen molar-refractivity contribution in [3.63, 3.8) is 0 Å². The Kier molecular flexibility index (Phi) is 1.72. The first-order chi connectivity index (χ1) is 4.11. The summed E-state index contributed by atoms with van der Waals surface area (Å²) in [6, 6.07) is 0. The van der Waals surface area contributed by atoms with Gasteiger partial charge < -0.3 is 4.74 Å². The summed E-state index contributed by atoms with van der Waals surface area (Å²) in [7, 11) is -4.33. The van der Waals surface area contributed by atoms with E-state index in [1.807, 2.05) is 0 Å². The van der Waals surface area contributed by atoms with Crippen molar-refractivity contribution in [2.45, 2.75) is 11.7 Å². The lowest BCUT2D eigenvalue weighted by Crippen LogP contribution is -2.15. The molecule has 0 N–H and O–H groups in total. The Hall–Kier alpha value is -0.160. The monoisotopic (exact) mass is 154 g/mol. The molecule has 0 radical (unpaired) electrons. The van der Waals surface area contributed by atoms with Gasteiger partial charge in [0.2, 0.25) is 0 Å². The Morgan fingerprint density at radius 1 is 1.56 bits per heavy atom.